The molecule has 1 rings (SSSR count). The molecule has 56 valence electrons. The van der Waals surface area contributed by atoms with Crippen LogP contribution in [-0.4, -0.2) is 9.55 Å². The van der Waals surface area contributed by atoms with Crippen molar-refractivity contribution in [2.45, 2.75) is 31.3 Å². The van der Waals surface area contributed by atoms with Crippen molar-refractivity contribution < 1.29 is 0 Å². The summed E-state index contributed by atoms with van der Waals surface area (Å²) in [5.41, 5.74) is 0. The van der Waals surface area contributed by atoms with Gasteiger partial charge in [0.2, 0.25) is 0 Å². The molecule has 0 amide bonds. The van der Waals surface area contributed by atoms with Crippen LogP contribution < -0.4 is 0 Å². The molecule has 0 aliphatic rings. The number of aromatic nitrogens is 2. The molecule has 0 atom stereocenters. The molecule has 0 saturated heterocycles. The second-order valence-corrected chi connectivity index (χ2v) is 2.76. The van der Waals surface area contributed by atoms with Crippen LogP contribution in [0.3, 0.4) is 0 Å². The molecule has 0 unspecified atom stereocenters. The molecule has 1 aromatic heterocycles. The molecule has 1 heterocycles. The highest BCUT2D eigenvalue weighted by atomic mass is 32.1. The van der Waals surface area contributed by atoms with Gasteiger partial charge in [0.25, 0.3) is 0 Å². The van der Waals surface area contributed by atoms with Gasteiger partial charge in [-0.1, -0.05) is 13.3 Å². The van der Waals surface area contributed by atoms with Gasteiger partial charge in [-0.2, -0.15) is 0 Å². The third kappa shape index (κ3) is 1.77. The van der Waals surface area contributed by atoms with Crippen molar-refractivity contribution in [1.29, 1.82) is 0 Å². The Kier molecular flexibility index (Phi) is 2.81. The van der Waals surface area contributed by atoms with Crippen LogP contribution in [-0.2, 0) is 6.54 Å². The first-order valence-electron chi connectivity index (χ1n) is 3.53. The van der Waals surface area contributed by atoms with Gasteiger partial charge in [-0.05, 0) is 6.42 Å². The average Bonchev–Trinajstić information content (AvgIpc) is 2.31. The Morgan fingerprint density at radius 3 is 3.00 bits per heavy atom. The van der Waals surface area contributed by atoms with Gasteiger partial charge < -0.3 is 4.57 Å². The third-order valence-corrected chi connectivity index (χ3v) is 1.82. The number of unbranched alkanes of at least 4 members (excludes halogenated alkanes) is 1. The van der Waals surface area contributed by atoms with Crippen LogP contribution >= 0.6 is 12.6 Å². The van der Waals surface area contributed by atoms with Gasteiger partial charge in [0.15, 0.2) is 0 Å². The van der Waals surface area contributed by atoms with Crippen molar-refractivity contribution in [3.05, 3.63) is 12.5 Å². The van der Waals surface area contributed by atoms with E-state index in [1.807, 2.05) is 10.9 Å². The highest BCUT2D eigenvalue weighted by Gasteiger charge is 1.93. The quantitative estimate of drug-likeness (QED) is 0.662. The third-order valence-electron chi connectivity index (χ3n) is 1.44. The Morgan fingerprint density at radius 1 is 1.70 bits per heavy atom. The second kappa shape index (κ2) is 3.66. The molecular formula is C7H12N2S. The summed E-state index contributed by atoms with van der Waals surface area (Å²) < 4.78 is 2.05. The summed E-state index contributed by atoms with van der Waals surface area (Å²) in [4.78, 5) is 3.96. The molecule has 10 heavy (non-hydrogen) atoms. The summed E-state index contributed by atoms with van der Waals surface area (Å²) in [6, 6.07) is 0. The van der Waals surface area contributed by atoms with Gasteiger partial charge in [-0.15, -0.1) is 12.6 Å². The minimum Gasteiger partial charge on any atom is -0.326 e. The lowest BCUT2D eigenvalue weighted by molar-refractivity contribution is 0.597. The Balaban J connectivity index is 2.49. The molecule has 0 aromatic carbocycles. The van der Waals surface area contributed by atoms with Crippen LogP contribution in [0, 0.1) is 0 Å². The minimum atomic E-state index is 0.952. The highest BCUT2D eigenvalue weighted by molar-refractivity contribution is 7.80. The van der Waals surface area contributed by atoms with Crippen molar-refractivity contribution in [3.8, 4) is 0 Å². The van der Waals surface area contributed by atoms with Gasteiger partial charge in [0.1, 0.15) is 0 Å². The maximum absolute atomic E-state index is 4.22. The van der Waals surface area contributed by atoms with Gasteiger partial charge >= 0.3 is 0 Å². The van der Waals surface area contributed by atoms with Crippen LogP contribution in [0.4, 0.5) is 0 Å². The van der Waals surface area contributed by atoms with Crippen LogP contribution in [0.25, 0.3) is 0 Å². The number of rotatable bonds is 3. The summed E-state index contributed by atoms with van der Waals surface area (Å²) in [6.45, 7) is 3.21. The monoisotopic (exact) mass is 156 g/mol. The van der Waals surface area contributed by atoms with Crippen molar-refractivity contribution in [1.82, 2.24) is 9.55 Å². The van der Waals surface area contributed by atoms with Gasteiger partial charge in [-0.3, -0.25) is 0 Å². The normalized spacial score (nSPS) is 10.2. The number of imidazole rings is 1. The molecule has 1 aromatic rings. The summed E-state index contributed by atoms with van der Waals surface area (Å²) >= 11 is 4.22. The lowest BCUT2D eigenvalue weighted by Gasteiger charge is -2.00. The largest absolute Gasteiger partial charge is 0.326 e. The van der Waals surface area contributed by atoms with Gasteiger partial charge in [0.05, 0.1) is 17.6 Å². The van der Waals surface area contributed by atoms with E-state index in [4.69, 9.17) is 0 Å². The maximum Gasteiger partial charge on any atom is 0.0954 e. The molecule has 3 heteroatoms. The van der Waals surface area contributed by atoms with Crippen molar-refractivity contribution >= 4 is 12.6 Å². The lowest BCUT2D eigenvalue weighted by atomic mass is 10.3. The summed E-state index contributed by atoms with van der Waals surface area (Å²) in [5, 5.41) is 0.952. The Bertz CT molecular complexity index is 195. The zero-order chi connectivity index (χ0) is 7.40. The summed E-state index contributed by atoms with van der Waals surface area (Å²) in [7, 11) is 0. The fraction of sp³-hybridized carbons (Fsp3) is 0.571. The predicted molar refractivity (Wildman–Crippen MR) is 44.4 cm³/mol. The number of hydrogen-bond donors (Lipinski definition) is 1. The van der Waals surface area contributed by atoms with Crippen LogP contribution in [0.15, 0.2) is 17.6 Å². The van der Waals surface area contributed by atoms with Crippen LogP contribution in [0.1, 0.15) is 19.8 Å². The van der Waals surface area contributed by atoms with E-state index in [9.17, 15) is 0 Å². The standard InChI is InChI=1S/C7H12N2S/c1-2-3-4-9-6-8-5-7(9)10/h5-6,10H,2-4H2,1H3. The van der Waals surface area contributed by atoms with E-state index in [0.29, 0.717) is 0 Å². The summed E-state index contributed by atoms with van der Waals surface area (Å²) in [5.74, 6) is 0. The predicted octanol–water partition coefficient (Wildman–Crippen LogP) is 1.97. The fourth-order valence-electron chi connectivity index (χ4n) is 0.815. The topological polar surface area (TPSA) is 17.8 Å². The van der Waals surface area contributed by atoms with Crippen LogP contribution in [0.2, 0.25) is 0 Å². The first kappa shape index (κ1) is 7.66. The maximum atomic E-state index is 4.22. The van der Waals surface area contributed by atoms with Crippen molar-refractivity contribution in [2.75, 3.05) is 0 Å². The van der Waals surface area contributed by atoms with E-state index in [1.54, 1.807) is 6.20 Å². The molecule has 0 saturated carbocycles. The van der Waals surface area contributed by atoms with E-state index < -0.39 is 0 Å². The van der Waals surface area contributed by atoms with Crippen molar-refractivity contribution in [2.24, 2.45) is 0 Å². The molecule has 0 fully saturated rings. The number of thiol groups is 1. The minimum absolute atomic E-state index is 0.952. The first-order chi connectivity index (χ1) is 4.84. The zero-order valence-electron chi connectivity index (χ0n) is 6.12. The molecule has 0 spiro atoms. The number of nitrogens with zero attached hydrogens (tertiary/aromatic N) is 2. The lowest BCUT2D eigenvalue weighted by Crippen LogP contribution is -1.95. The molecule has 2 nitrogen and oxygen atoms in total. The smallest absolute Gasteiger partial charge is 0.0954 e. The Labute approximate surface area is 66.7 Å². The Hall–Kier alpha value is -0.440. The molecule has 0 bridgehead atoms. The zero-order valence-corrected chi connectivity index (χ0v) is 7.01. The highest BCUT2D eigenvalue weighted by Crippen LogP contribution is 2.05. The van der Waals surface area contributed by atoms with E-state index in [2.05, 4.69) is 24.5 Å². The fourth-order valence-corrected chi connectivity index (χ4v) is 1.03. The van der Waals surface area contributed by atoms with E-state index in [0.717, 1.165) is 11.6 Å². The molecule has 0 N–H and O–H groups in total. The Morgan fingerprint density at radius 2 is 2.50 bits per heavy atom. The van der Waals surface area contributed by atoms with Crippen LogP contribution in [0.5, 0.6) is 0 Å². The number of hydrogen-bond acceptors (Lipinski definition) is 2. The van der Waals surface area contributed by atoms with Gasteiger partial charge in [-0.25, -0.2) is 4.98 Å². The first-order valence-corrected chi connectivity index (χ1v) is 3.98. The SMILES string of the molecule is CCCCn1cncc1S. The molecule has 0 aliphatic heterocycles. The van der Waals surface area contributed by atoms with Gasteiger partial charge in [0, 0.05) is 6.54 Å². The number of aryl methyl sites for hydroxylation is 1. The van der Waals surface area contributed by atoms with Crippen molar-refractivity contribution in [3.63, 3.8) is 0 Å². The van der Waals surface area contributed by atoms with E-state index in [-0.39, 0.29) is 0 Å². The molecule has 0 radical (unpaired) electrons. The van der Waals surface area contributed by atoms with E-state index >= 15 is 0 Å². The molecular weight excluding hydrogens is 144 g/mol. The second-order valence-electron chi connectivity index (χ2n) is 2.30. The van der Waals surface area contributed by atoms with E-state index in [1.165, 1.54) is 12.8 Å². The average molecular weight is 156 g/mol. The molecule has 0 aliphatic carbocycles. The summed E-state index contributed by atoms with van der Waals surface area (Å²) in [6.07, 6.45) is 5.99.